The van der Waals surface area contributed by atoms with E-state index < -0.39 is 10.0 Å². The number of nitrogens with zero attached hydrogens (tertiary/aromatic N) is 1. The molecule has 2 atom stereocenters. The molecule has 4 nitrogen and oxygen atoms in total. The van der Waals surface area contributed by atoms with Crippen molar-refractivity contribution >= 4 is 21.6 Å². The van der Waals surface area contributed by atoms with Crippen LogP contribution in [0.3, 0.4) is 0 Å². The van der Waals surface area contributed by atoms with Crippen molar-refractivity contribution in [1.82, 2.24) is 4.31 Å². The van der Waals surface area contributed by atoms with Gasteiger partial charge in [0.05, 0.1) is 4.90 Å². The Kier molecular flexibility index (Phi) is 4.98. The number of hydrogen-bond donors (Lipinski definition) is 1. The number of piperidine rings is 1. The summed E-state index contributed by atoms with van der Waals surface area (Å²) in [7, 11) is -3.54. The van der Waals surface area contributed by atoms with Gasteiger partial charge in [0.15, 0.2) is 0 Å². The highest BCUT2D eigenvalue weighted by molar-refractivity contribution is 7.89. The van der Waals surface area contributed by atoms with Crippen molar-refractivity contribution in [3.05, 3.63) is 28.3 Å². The zero-order valence-corrected chi connectivity index (χ0v) is 14.3. The highest BCUT2D eigenvalue weighted by Crippen LogP contribution is 2.31. The molecule has 118 valence electrons. The van der Waals surface area contributed by atoms with E-state index in [-0.39, 0.29) is 17.5 Å². The number of sulfonamides is 1. The Hall–Kier alpha value is -0.620. The fourth-order valence-corrected chi connectivity index (χ4v) is 5.28. The zero-order valence-electron chi connectivity index (χ0n) is 12.8. The van der Waals surface area contributed by atoms with Gasteiger partial charge in [-0.2, -0.15) is 4.31 Å². The van der Waals surface area contributed by atoms with Crippen LogP contribution in [0.4, 0.5) is 0 Å². The molecule has 0 aromatic heterocycles. The summed E-state index contributed by atoms with van der Waals surface area (Å²) in [4.78, 5) is 0.288. The van der Waals surface area contributed by atoms with E-state index in [1.807, 2.05) is 6.92 Å². The molecule has 0 aliphatic carbocycles. The fourth-order valence-electron chi connectivity index (χ4n) is 2.90. The first-order chi connectivity index (χ1) is 9.77. The Morgan fingerprint density at radius 3 is 2.62 bits per heavy atom. The molecule has 2 N–H and O–H groups in total. The normalized spacial score (nSPS) is 24.2. The molecule has 1 heterocycles. The van der Waals surface area contributed by atoms with E-state index in [1.54, 1.807) is 17.3 Å². The minimum absolute atomic E-state index is 0.0194. The van der Waals surface area contributed by atoms with Gasteiger partial charge in [-0.1, -0.05) is 18.5 Å². The van der Waals surface area contributed by atoms with Crippen LogP contribution in [0, 0.1) is 12.8 Å². The second-order valence-corrected chi connectivity index (χ2v) is 8.29. The van der Waals surface area contributed by atoms with Crippen LogP contribution in [0.15, 0.2) is 17.0 Å². The van der Waals surface area contributed by atoms with Crippen molar-refractivity contribution in [3.8, 4) is 0 Å². The summed E-state index contributed by atoms with van der Waals surface area (Å²) in [6.07, 6.45) is 1.96. The van der Waals surface area contributed by atoms with Gasteiger partial charge in [-0.15, -0.1) is 0 Å². The summed E-state index contributed by atoms with van der Waals surface area (Å²) in [5, 5.41) is 0.414. The molecule has 0 saturated carbocycles. The largest absolute Gasteiger partial charge is 0.326 e. The molecule has 2 unspecified atom stereocenters. The Bertz CT molecular complexity index is 631. The third kappa shape index (κ3) is 3.26. The first-order valence-electron chi connectivity index (χ1n) is 7.28. The molecular formula is C15H23ClN2O2S. The molecule has 6 heteroatoms. The quantitative estimate of drug-likeness (QED) is 0.926. The first-order valence-corrected chi connectivity index (χ1v) is 9.10. The monoisotopic (exact) mass is 330 g/mol. The predicted molar refractivity (Wildman–Crippen MR) is 85.8 cm³/mol. The molecule has 2 rings (SSSR count). The number of benzene rings is 1. The fraction of sp³-hybridized carbons (Fsp3) is 0.600. The second-order valence-electron chi connectivity index (χ2n) is 6.00. The van der Waals surface area contributed by atoms with E-state index in [2.05, 4.69) is 6.92 Å². The highest BCUT2D eigenvalue weighted by Gasteiger charge is 2.34. The van der Waals surface area contributed by atoms with Crippen molar-refractivity contribution in [1.29, 1.82) is 0 Å². The van der Waals surface area contributed by atoms with Crippen molar-refractivity contribution < 1.29 is 8.42 Å². The summed E-state index contributed by atoms with van der Waals surface area (Å²) in [6, 6.07) is 3.29. The average Bonchev–Trinajstić information content (AvgIpc) is 2.43. The Morgan fingerprint density at radius 1 is 1.33 bits per heavy atom. The molecule has 1 aliphatic heterocycles. The van der Waals surface area contributed by atoms with Gasteiger partial charge < -0.3 is 5.73 Å². The molecule has 0 bridgehead atoms. The van der Waals surface area contributed by atoms with Gasteiger partial charge in [0, 0.05) is 24.2 Å². The van der Waals surface area contributed by atoms with Gasteiger partial charge in [-0.05, 0) is 55.9 Å². The molecule has 1 saturated heterocycles. The lowest BCUT2D eigenvalue weighted by Gasteiger charge is -2.36. The molecule has 1 aliphatic rings. The van der Waals surface area contributed by atoms with Gasteiger partial charge in [-0.3, -0.25) is 0 Å². The maximum absolute atomic E-state index is 13.0. The van der Waals surface area contributed by atoms with E-state index >= 15 is 0 Å². The third-order valence-electron chi connectivity index (χ3n) is 4.30. The van der Waals surface area contributed by atoms with Gasteiger partial charge in [-0.25, -0.2) is 8.42 Å². The molecule has 0 radical (unpaired) electrons. The van der Waals surface area contributed by atoms with E-state index in [0.717, 1.165) is 18.4 Å². The highest BCUT2D eigenvalue weighted by atomic mass is 35.5. The number of rotatable bonds is 3. The molecule has 1 fully saturated rings. The average molecular weight is 331 g/mol. The van der Waals surface area contributed by atoms with Crippen LogP contribution in [0.5, 0.6) is 0 Å². The maximum Gasteiger partial charge on any atom is 0.243 e. The van der Waals surface area contributed by atoms with Crippen molar-refractivity contribution in [2.75, 3.05) is 6.54 Å². The lowest BCUT2D eigenvalue weighted by atomic mass is 9.97. The van der Waals surface area contributed by atoms with Gasteiger partial charge in [0.25, 0.3) is 0 Å². The second kappa shape index (κ2) is 6.24. The van der Waals surface area contributed by atoms with Crippen LogP contribution in [-0.4, -0.2) is 25.3 Å². The van der Waals surface area contributed by atoms with E-state index in [4.69, 9.17) is 17.3 Å². The van der Waals surface area contributed by atoms with Crippen LogP contribution in [0.2, 0.25) is 5.02 Å². The topological polar surface area (TPSA) is 63.4 Å². The summed E-state index contributed by atoms with van der Waals surface area (Å²) in [6.45, 7) is 6.69. The van der Waals surface area contributed by atoms with Crippen molar-refractivity contribution in [2.45, 2.75) is 51.1 Å². The van der Waals surface area contributed by atoms with E-state index in [9.17, 15) is 8.42 Å². The SMILES string of the molecule is Cc1c(CN)cc(Cl)cc1S(=O)(=O)N1CC(C)CCC1C. The molecule has 21 heavy (non-hydrogen) atoms. The summed E-state index contributed by atoms with van der Waals surface area (Å²) in [5.74, 6) is 0.379. The minimum Gasteiger partial charge on any atom is -0.326 e. The summed E-state index contributed by atoms with van der Waals surface area (Å²) in [5.41, 5.74) is 7.17. The van der Waals surface area contributed by atoms with Crippen LogP contribution < -0.4 is 5.73 Å². The Balaban J connectivity index is 2.51. The molecular weight excluding hydrogens is 308 g/mol. The standard InChI is InChI=1S/C15H23ClN2O2S/c1-10-4-5-11(2)18(9-10)21(19,20)15-7-14(16)6-13(8-17)12(15)3/h6-7,10-11H,4-5,8-9,17H2,1-3H3. The van der Waals surface area contributed by atoms with Crippen LogP contribution in [0.25, 0.3) is 0 Å². The maximum atomic E-state index is 13.0. The number of hydrogen-bond acceptors (Lipinski definition) is 3. The summed E-state index contributed by atoms with van der Waals surface area (Å²) < 4.78 is 27.6. The van der Waals surface area contributed by atoms with Crippen LogP contribution in [-0.2, 0) is 16.6 Å². The van der Waals surface area contributed by atoms with Gasteiger partial charge >= 0.3 is 0 Å². The molecule has 1 aromatic rings. The zero-order chi connectivity index (χ0) is 15.8. The third-order valence-corrected chi connectivity index (χ3v) is 6.62. The first kappa shape index (κ1) is 16.7. The van der Waals surface area contributed by atoms with Crippen molar-refractivity contribution in [2.24, 2.45) is 11.7 Å². The summed E-state index contributed by atoms with van der Waals surface area (Å²) >= 11 is 6.07. The van der Waals surface area contributed by atoms with Crippen molar-refractivity contribution in [3.63, 3.8) is 0 Å². The Morgan fingerprint density at radius 2 is 2.00 bits per heavy atom. The molecule has 0 amide bonds. The van der Waals surface area contributed by atoms with E-state index in [1.165, 1.54) is 6.07 Å². The smallest absolute Gasteiger partial charge is 0.243 e. The lowest BCUT2D eigenvalue weighted by molar-refractivity contribution is 0.218. The number of halogens is 1. The van der Waals surface area contributed by atoms with Crippen LogP contribution in [0.1, 0.15) is 37.8 Å². The molecule has 0 spiro atoms. The minimum atomic E-state index is -3.54. The lowest BCUT2D eigenvalue weighted by Crippen LogP contribution is -2.45. The van der Waals surface area contributed by atoms with Crippen LogP contribution >= 0.6 is 11.6 Å². The molecule has 1 aromatic carbocycles. The Labute approximate surface area is 132 Å². The van der Waals surface area contributed by atoms with Gasteiger partial charge in [0.2, 0.25) is 10.0 Å². The number of nitrogens with two attached hydrogens (primary N) is 1. The predicted octanol–water partition coefficient (Wildman–Crippen LogP) is 2.92. The van der Waals surface area contributed by atoms with Gasteiger partial charge in [0.1, 0.15) is 0 Å². The van der Waals surface area contributed by atoms with E-state index in [0.29, 0.717) is 23.0 Å².